The van der Waals surface area contributed by atoms with Crippen LogP contribution in [0.15, 0.2) is 16.6 Å². The fraction of sp³-hybridized carbons (Fsp3) is 0.400. The van der Waals surface area contributed by atoms with Crippen molar-refractivity contribution in [3.05, 3.63) is 27.2 Å². The van der Waals surface area contributed by atoms with Gasteiger partial charge in [-0.05, 0) is 18.7 Å². The van der Waals surface area contributed by atoms with Crippen molar-refractivity contribution in [2.45, 2.75) is 13.0 Å². The molecule has 1 aliphatic heterocycles. The zero-order valence-corrected chi connectivity index (χ0v) is 10.2. The van der Waals surface area contributed by atoms with E-state index in [2.05, 4.69) is 28.2 Å². The predicted octanol–water partition coefficient (Wildman–Crippen LogP) is 3.15. The zero-order chi connectivity index (χ0) is 10.1. The van der Waals surface area contributed by atoms with Gasteiger partial charge in [0.1, 0.15) is 12.4 Å². The number of ether oxygens (including phenoxy) is 1. The van der Waals surface area contributed by atoms with Gasteiger partial charge in [-0.2, -0.15) is 0 Å². The first-order chi connectivity index (χ1) is 6.74. The lowest BCUT2D eigenvalue weighted by molar-refractivity contribution is 0.313. The van der Waals surface area contributed by atoms with Crippen LogP contribution in [-0.4, -0.2) is 13.2 Å². The Morgan fingerprint density at radius 1 is 1.64 bits per heavy atom. The maximum absolute atomic E-state index is 6.03. The van der Waals surface area contributed by atoms with Gasteiger partial charge in [0.05, 0.1) is 11.1 Å². The van der Waals surface area contributed by atoms with Crippen molar-refractivity contribution < 1.29 is 4.74 Å². The maximum atomic E-state index is 6.03. The van der Waals surface area contributed by atoms with Crippen molar-refractivity contribution in [1.29, 1.82) is 0 Å². The molecule has 4 heteroatoms. The highest BCUT2D eigenvalue weighted by Gasteiger charge is 2.27. The quantitative estimate of drug-likeness (QED) is 0.896. The van der Waals surface area contributed by atoms with Gasteiger partial charge in [-0.15, -0.1) is 0 Å². The van der Waals surface area contributed by atoms with Gasteiger partial charge >= 0.3 is 0 Å². The van der Waals surface area contributed by atoms with Gasteiger partial charge < -0.3 is 10.1 Å². The Balaban J connectivity index is 2.42. The molecule has 1 heterocycles. The second kappa shape index (κ2) is 4.09. The summed E-state index contributed by atoms with van der Waals surface area (Å²) >= 11 is 9.55. The summed E-state index contributed by atoms with van der Waals surface area (Å²) in [6.45, 7) is 3.66. The molecule has 1 atom stereocenters. The minimum Gasteiger partial charge on any atom is -0.490 e. The fourth-order valence-electron chi connectivity index (χ4n) is 1.68. The molecule has 0 saturated heterocycles. The van der Waals surface area contributed by atoms with Gasteiger partial charge in [-0.3, -0.25) is 0 Å². The number of benzene rings is 1. The van der Waals surface area contributed by atoms with Crippen LogP contribution < -0.4 is 10.1 Å². The van der Waals surface area contributed by atoms with Crippen molar-refractivity contribution in [3.8, 4) is 5.75 Å². The lowest BCUT2D eigenvalue weighted by atomic mass is 10.1. The van der Waals surface area contributed by atoms with Gasteiger partial charge in [0.15, 0.2) is 0 Å². The largest absolute Gasteiger partial charge is 0.490 e. The van der Waals surface area contributed by atoms with Gasteiger partial charge in [-0.25, -0.2) is 0 Å². The number of halogens is 2. The number of hydrogen-bond donors (Lipinski definition) is 1. The van der Waals surface area contributed by atoms with E-state index in [9.17, 15) is 0 Å². The molecule has 0 bridgehead atoms. The average Bonchev–Trinajstić information content (AvgIpc) is 2.58. The van der Waals surface area contributed by atoms with E-state index < -0.39 is 0 Å². The Labute approximate surface area is 96.7 Å². The fourth-order valence-corrected chi connectivity index (χ4v) is 2.49. The number of fused-ring (bicyclic) bond motifs is 1. The molecule has 0 radical (unpaired) electrons. The second-order valence-electron chi connectivity index (χ2n) is 3.19. The SMILES string of the molecule is CCNC1COc2c(Cl)ccc(Br)c21. The highest BCUT2D eigenvalue weighted by Crippen LogP contribution is 2.42. The van der Waals surface area contributed by atoms with Crippen molar-refractivity contribution in [3.63, 3.8) is 0 Å². The van der Waals surface area contributed by atoms with E-state index in [0.29, 0.717) is 11.6 Å². The van der Waals surface area contributed by atoms with E-state index >= 15 is 0 Å². The molecule has 2 rings (SSSR count). The summed E-state index contributed by atoms with van der Waals surface area (Å²) in [6, 6.07) is 4.06. The van der Waals surface area contributed by atoms with E-state index in [0.717, 1.165) is 22.3 Å². The molecule has 1 aromatic rings. The van der Waals surface area contributed by atoms with Gasteiger partial charge in [0.25, 0.3) is 0 Å². The molecule has 0 fully saturated rings. The maximum Gasteiger partial charge on any atom is 0.144 e. The number of likely N-dealkylation sites (N-methyl/N-ethyl adjacent to an activating group) is 1. The average molecular weight is 277 g/mol. The molecule has 14 heavy (non-hydrogen) atoms. The molecule has 0 saturated carbocycles. The highest BCUT2D eigenvalue weighted by molar-refractivity contribution is 9.10. The Bertz CT molecular complexity index is 356. The van der Waals surface area contributed by atoms with Crippen LogP contribution in [-0.2, 0) is 0 Å². The molecule has 1 unspecified atom stereocenters. The van der Waals surface area contributed by atoms with Crippen molar-refractivity contribution in [2.75, 3.05) is 13.2 Å². The summed E-state index contributed by atoms with van der Waals surface area (Å²) in [5.74, 6) is 0.812. The number of nitrogens with one attached hydrogen (secondary N) is 1. The summed E-state index contributed by atoms with van der Waals surface area (Å²) in [5.41, 5.74) is 1.14. The van der Waals surface area contributed by atoms with Gasteiger partial charge in [0.2, 0.25) is 0 Å². The van der Waals surface area contributed by atoms with E-state index in [4.69, 9.17) is 16.3 Å². The summed E-state index contributed by atoms with van der Waals surface area (Å²) < 4.78 is 6.61. The Hall–Kier alpha value is -0.250. The molecule has 0 aromatic heterocycles. The summed E-state index contributed by atoms with van der Waals surface area (Å²) in [7, 11) is 0. The minimum atomic E-state index is 0.253. The Morgan fingerprint density at radius 2 is 2.43 bits per heavy atom. The molecular weight excluding hydrogens is 265 g/mol. The third kappa shape index (κ3) is 1.64. The van der Waals surface area contributed by atoms with Crippen molar-refractivity contribution in [1.82, 2.24) is 5.32 Å². The Kier molecular flexibility index (Phi) is 3.00. The first-order valence-corrected chi connectivity index (χ1v) is 5.75. The van der Waals surface area contributed by atoms with Crippen LogP contribution in [0.2, 0.25) is 5.02 Å². The molecular formula is C10H11BrClNO. The first-order valence-electron chi connectivity index (χ1n) is 4.58. The molecule has 76 valence electrons. The second-order valence-corrected chi connectivity index (χ2v) is 4.45. The smallest absolute Gasteiger partial charge is 0.144 e. The molecule has 0 amide bonds. The van der Waals surface area contributed by atoms with E-state index in [1.165, 1.54) is 0 Å². The third-order valence-electron chi connectivity index (χ3n) is 2.29. The molecule has 1 aliphatic rings. The lowest BCUT2D eigenvalue weighted by Crippen LogP contribution is -2.21. The number of rotatable bonds is 2. The van der Waals surface area contributed by atoms with Crippen LogP contribution in [0.3, 0.4) is 0 Å². The predicted molar refractivity (Wildman–Crippen MR) is 61.1 cm³/mol. The van der Waals surface area contributed by atoms with Crippen LogP contribution in [0.25, 0.3) is 0 Å². The lowest BCUT2D eigenvalue weighted by Gasteiger charge is -2.10. The standard InChI is InChI=1S/C10H11BrClNO/c1-2-13-8-5-14-10-7(12)4-3-6(11)9(8)10/h3-4,8,13H,2,5H2,1H3. The van der Waals surface area contributed by atoms with Crippen LogP contribution in [0.5, 0.6) is 5.75 Å². The molecule has 1 N–H and O–H groups in total. The highest BCUT2D eigenvalue weighted by atomic mass is 79.9. The topological polar surface area (TPSA) is 21.3 Å². The normalized spacial score (nSPS) is 19.2. The molecule has 1 aromatic carbocycles. The minimum absolute atomic E-state index is 0.253. The van der Waals surface area contributed by atoms with Crippen LogP contribution >= 0.6 is 27.5 Å². The summed E-state index contributed by atoms with van der Waals surface area (Å²) in [4.78, 5) is 0. The van der Waals surface area contributed by atoms with Crippen molar-refractivity contribution in [2.24, 2.45) is 0 Å². The molecule has 0 spiro atoms. The summed E-state index contributed by atoms with van der Waals surface area (Å²) in [5, 5.41) is 4.04. The van der Waals surface area contributed by atoms with E-state index in [1.807, 2.05) is 12.1 Å². The molecule has 0 aliphatic carbocycles. The monoisotopic (exact) mass is 275 g/mol. The number of hydrogen-bond acceptors (Lipinski definition) is 2. The summed E-state index contributed by atoms with van der Waals surface area (Å²) in [6.07, 6.45) is 0. The third-order valence-corrected chi connectivity index (χ3v) is 3.28. The van der Waals surface area contributed by atoms with Crippen LogP contribution in [0, 0.1) is 0 Å². The van der Waals surface area contributed by atoms with Crippen LogP contribution in [0.1, 0.15) is 18.5 Å². The molecule has 2 nitrogen and oxygen atoms in total. The Morgan fingerprint density at radius 3 is 3.14 bits per heavy atom. The first kappa shape index (κ1) is 10.3. The van der Waals surface area contributed by atoms with E-state index in [1.54, 1.807) is 0 Å². The van der Waals surface area contributed by atoms with Crippen LogP contribution in [0.4, 0.5) is 0 Å². The van der Waals surface area contributed by atoms with Gasteiger partial charge in [0, 0.05) is 10.0 Å². The zero-order valence-electron chi connectivity index (χ0n) is 7.81. The van der Waals surface area contributed by atoms with E-state index in [-0.39, 0.29) is 6.04 Å². The van der Waals surface area contributed by atoms with Gasteiger partial charge in [-0.1, -0.05) is 34.5 Å². The van der Waals surface area contributed by atoms with Crippen molar-refractivity contribution >= 4 is 27.5 Å².